The molecular weight excluding hydrogens is 363 g/mol. The van der Waals surface area contributed by atoms with Gasteiger partial charge in [0, 0.05) is 5.25 Å². The minimum absolute atomic E-state index is 0. The minimum Gasteiger partial charge on any atom is -0.748 e. The molecular formula is C19H39KO4S. The van der Waals surface area contributed by atoms with Gasteiger partial charge >= 0.3 is 51.4 Å². The minimum atomic E-state index is -4.14. The summed E-state index contributed by atoms with van der Waals surface area (Å²) >= 11 is 0. The second kappa shape index (κ2) is 18.9. The van der Waals surface area contributed by atoms with Crippen molar-refractivity contribution >= 4 is 10.1 Å². The smallest absolute Gasteiger partial charge is 0.748 e. The van der Waals surface area contributed by atoms with E-state index in [2.05, 4.69) is 6.92 Å². The molecule has 0 heterocycles. The van der Waals surface area contributed by atoms with Crippen molar-refractivity contribution in [2.24, 2.45) is 0 Å². The third-order valence-electron chi connectivity index (χ3n) is 4.82. The quantitative estimate of drug-likeness (QED) is 0.230. The van der Waals surface area contributed by atoms with Crippen molar-refractivity contribution in [1.29, 1.82) is 0 Å². The predicted molar refractivity (Wildman–Crippen MR) is 100 cm³/mol. The van der Waals surface area contributed by atoms with Gasteiger partial charge in [-0.1, -0.05) is 84.5 Å². The molecule has 0 fully saturated rings. The van der Waals surface area contributed by atoms with E-state index in [1.54, 1.807) is 0 Å². The topological polar surface area (TPSA) is 77.4 Å². The van der Waals surface area contributed by atoms with E-state index < -0.39 is 15.4 Å². The molecule has 2 unspecified atom stereocenters. The molecule has 0 aliphatic heterocycles. The summed E-state index contributed by atoms with van der Waals surface area (Å²) in [5, 5.41) is 8.79. The first-order valence-corrected chi connectivity index (χ1v) is 11.5. The van der Waals surface area contributed by atoms with Crippen molar-refractivity contribution in [3.63, 3.8) is 0 Å². The molecule has 2 atom stereocenters. The van der Waals surface area contributed by atoms with E-state index in [-0.39, 0.29) is 57.5 Å². The second-order valence-electron chi connectivity index (χ2n) is 7.08. The first-order chi connectivity index (χ1) is 11.4. The monoisotopic (exact) mass is 402 g/mol. The number of hydrogen-bond donors (Lipinski definition) is 1. The molecule has 0 saturated carbocycles. The number of aliphatic hydroxyl groups excluding tert-OH is 1. The molecule has 0 saturated heterocycles. The molecule has 6 heteroatoms. The van der Waals surface area contributed by atoms with E-state index in [4.69, 9.17) is 0 Å². The first kappa shape index (κ1) is 28.7. The average Bonchev–Trinajstić information content (AvgIpc) is 2.53. The van der Waals surface area contributed by atoms with Gasteiger partial charge in [-0.2, -0.15) is 0 Å². The van der Waals surface area contributed by atoms with Gasteiger partial charge in [0.25, 0.3) is 0 Å². The zero-order chi connectivity index (χ0) is 18.3. The zero-order valence-corrected chi connectivity index (χ0v) is 20.8. The standard InChI is InChI=1S/C19H40O4S.K/c1-3-5-6-13-16-19(24(21,22)23)17-14-11-9-7-8-10-12-15-18(20)4-2;/h18-20H,3-17H2,1-2H3,(H,21,22,23);/q;+1/p-1. The summed E-state index contributed by atoms with van der Waals surface area (Å²) in [7, 11) is -4.14. The van der Waals surface area contributed by atoms with Crippen LogP contribution in [0, 0.1) is 0 Å². The molecule has 0 bridgehead atoms. The number of rotatable bonds is 17. The van der Waals surface area contributed by atoms with Crippen LogP contribution >= 0.6 is 0 Å². The Morgan fingerprint density at radius 3 is 1.56 bits per heavy atom. The summed E-state index contributed by atoms with van der Waals surface area (Å²) in [5.74, 6) is 0. The molecule has 146 valence electrons. The molecule has 0 aromatic heterocycles. The maximum atomic E-state index is 11.3. The Balaban J connectivity index is 0. The molecule has 0 aliphatic carbocycles. The molecule has 0 spiro atoms. The molecule has 0 aromatic rings. The van der Waals surface area contributed by atoms with Gasteiger partial charge in [-0.25, -0.2) is 8.42 Å². The van der Waals surface area contributed by atoms with Gasteiger partial charge in [0.2, 0.25) is 0 Å². The van der Waals surface area contributed by atoms with Crippen molar-refractivity contribution in [2.45, 2.75) is 122 Å². The molecule has 0 radical (unpaired) electrons. The third kappa shape index (κ3) is 18.6. The van der Waals surface area contributed by atoms with Gasteiger partial charge in [-0.15, -0.1) is 0 Å². The van der Waals surface area contributed by atoms with E-state index in [0.29, 0.717) is 12.8 Å². The third-order valence-corrected chi connectivity index (χ3v) is 6.11. The maximum Gasteiger partial charge on any atom is 1.00 e. The number of aliphatic hydroxyl groups is 1. The Morgan fingerprint density at radius 2 is 1.16 bits per heavy atom. The van der Waals surface area contributed by atoms with Crippen LogP contribution in [0.1, 0.15) is 110 Å². The van der Waals surface area contributed by atoms with E-state index >= 15 is 0 Å². The van der Waals surface area contributed by atoms with Crippen LogP contribution in [0.3, 0.4) is 0 Å². The fraction of sp³-hybridized carbons (Fsp3) is 1.00. The molecule has 0 aliphatic rings. The van der Waals surface area contributed by atoms with Gasteiger partial charge in [0.15, 0.2) is 0 Å². The van der Waals surface area contributed by atoms with E-state index in [9.17, 15) is 18.1 Å². The summed E-state index contributed by atoms with van der Waals surface area (Å²) in [6, 6.07) is 0. The normalized spacial score (nSPS) is 14.1. The summed E-state index contributed by atoms with van der Waals surface area (Å²) in [6.07, 6.45) is 14.3. The predicted octanol–water partition coefficient (Wildman–Crippen LogP) is 2.16. The van der Waals surface area contributed by atoms with Gasteiger partial charge in [0.1, 0.15) is 0 Å². The van der Waals surface area contributed by atoms with E-state index in [0.717, 1.165) is 77.0 Å². The van der Waals surface area contributed by atoms with Crippen molar-refractivity contribution in [3.05, 3.63) is 0 Å². The van der Waals surface area contributed by atoms with Gasteiger partial charge < -0.3 is 9.66 Å². The average molecular weight is 403 g/mol. The Morgan fingerprint density at radius 1 is 0.760 bits per heavy atom. The summed E-state index contributed by atoms with van der Waals surface area (Å²) < 4.78 is 34.0. The first-order valence-electron chi connectivity index (χ1n) is 10.0. The summed E-state index contributed by atoms with van der Waals surface area (Å²) in [6.45, 7) is 4.12. The largest absolute Gasteiger partial charge is 1.00 e. The van der Waals surface area contributed by atoms with Crippen molar-refractivity contribution in [1.82, 2.24) is 0 Å². The SMILES string of the molecule is CCCCCCC(CCCCCCCCCC(O)CC)S(=O)(=O)[O-].[K+]. The fourth-order valence-electron chi connectivity index (χ4n) is 3.07. The van der Waals surface area contributed by atoms with Gasteiger partial charge in [-0.05, 0) is 25.7 Å². The van der Waals surface area contributed by atoms with E-state index in [1.165, 1.54) is 6.42 Å². The Labute approximate surface area is 199 Å². The molecule has 25 heavy (non-hydrogen) atoms. The number of hydrogen-bond acceptors (Lipinski definition) is 4. The molecule has 0 amide bonds. The van der Waals surface area contributed by atoms with Gasteiger partial charge in [-0.3, -0.25) is 0 Å². The Kier molecular flexibility index (Phi) is 21.7. The van der Waals surface area contributed by atoms with Crippen LogP contribution in [0.25, 0.3) is 0 Å². The van der Waals surface area contributed by atoms with Gasteiger partial charge in [0.05, 0.1) is 16.2 Å². The zero-order valence-electron chi connectivity index (χ0n) is 16.8. The van der Waals surface area contributed by atoms with E-state index in [1.807, 2.05) is 6.92 Å². The number of unbranched alkanes of at least 4 members (excludes halogenated alkanes) is 9. The second-order valence-corrected chi connectivity index (χ2v) is 8.73. The van der Waals surface area contributed by atoms with Crippen LogP contribution in [0.5, 0.6) is 0 Å². The molecule has 0 aromatic carbocycles. The van der Waals surface area contributed by atoms with Crippen LogP contribution in [0.15, 0.2) is 0 Å². The van der Waals surface area contributed by atoms with Crippen LogP contribution in [-0.4, -0.2) is 29.4 Å². The van der Waals surface area contributed by atoms with Crippen molar-refractivity contribution in [2.75, 3.05) is 0 Å². The maximum absolute atomic E-state index is 11.3. The summed E-state index contributed by atoms with van der Waals surface area (Å²) in [4.78, 5) is 0. The van der Waals surface area contributed by atoms with Crippen LogP contribution in [0.2, 0.25) is 0 Å². The van der Waals surface area contributed by atoms with Crippen molar-refractivity contribution in [3.8, 4) is 0 Å². The molecule has 4 nitrogen and oxygen atoms in total. The summed E-state index contributed by atoms with van der Waals surface area (Å²) in [5.41, 5.74) is 0. The van der Waals surface area contributed by atoms with Crippen LogP contribution < -0.4 is 51.4 Å². The van der Waals surface area contributed by atoms with Crippen LogP contribution in [-0.2, 0) is 10.1 Å². The van der Waals surface area contributed by atoms with Crippen molar-refractivity contribution < 1.29 is 69.5 Å². The van der Waals surface area contributed by atoms with Crippen LogP contribution in [0.4, 0.5) is 0 Å². The Hall–Kier alpha value is 1.51. The molecule has 1 N–H and O–H groups in total. The molecule has 0 rings (SSSR count). The fourth-order valence-corrected chi connectivity index (χ4v) is 3.98. The Bertz CT molecular complexity index is 374.